The highest BCUT2D eigenvalue weighted by molar-refractivity contribution is 5.99. The zero-order valence-electron chi connectivity index (χ0n) is 13.2. The fourth-order valence-corrected chi connectivity index (χ4v) is 2.87. The van der Waals surface area contributed by atoms with Gasteiger partial charge in [-0.3, -0.25) is 10.1 Å². The fraction of sp³-hybridized carbons (Fsp3) is 0.333. The number of fused-ring (bicyclic) bond motifs is 1. The second-order valence-corrected chi connectivity index (χ2v) is 5.54. The summed E-state index contributed by atoms with van der Waals surface area (Å²) in [6, 6.07) is 5.33. The molecule has 0 aliphatic carbocycles. The maximum Gasteiger partial charge on any atom is 0.323 e. The first-order chi connectivity index (χ1) is 12.2. The van der Waals surface area contributed by atoms with Crippen LogP contribution in [-0.2, 0) is 11.3 Å². The van der Waals surface area contributed by atoms with Crippen LogP contribution in [0, 0.1) is 10.1 Å². The van der Waals surface area contributed by atoms with Gasteiger partial charge >= 0.3 is 5.69 Å². The minimum absolute atomic E-state index is 0.110. The third-order valence-corrected chi connectivity index (χ3v) is 4.06. The first-order valence-corrected chi connectivity index (χ1v) is 7.76. The minimum atomic E-state index is -0.451. The van der Waals surface area contributed by atoms with Crippen molar-refractivity contribution >= 4 is 28.1 Å². The predicted molar refractivity (Wildman–Crippen MR) is 87.5 cm³/mol. The topological polar surface area (TPSA) is 120 Å². The number of nitro groups is 1. The largest absolute Gasteiger partial charge is 0.467 e. The van der Waals surface area contributed by atoms with E-state index >= 15 is 0 Å². The third kappa shape index (κ3) is 2.87. The van der Waals surface area contributed by atoms with E-state index < -0.39 is 4.92 Å². The Morgan fingerprint density at radius 3 is 2.80 bits per heavy atom. The number of furan rings is 1. The highest BCUT2D eigenvalue weighted by Gasteiger charge is 2.29. The lowest BCUT2D eigenvalue weighted by Gasteiger charge is -2.28. The Labute approximate surface area is 141 Å². The van der Waals surface area contributed by atoms with Gasteiger partial charge in [-0.25, -0.2) is 4.63 Å². The van der Waals surface area contributed by atoms with Gasteiger partial charge in [0.05, 0.1) is 36.6 Å². The van der Waals surface area contributed by atoms with Crippen LogP contribution in [0.15, 0.2) is 33.5 Å². The summed E-state index contributed by atoms with van der Waals surface area (Å²) in [6.45, 7) is 2.57. The van der Waals surface area contributed by atoms with E-state index in [1.807, 2.05) is 11.0 Å². The van der Waals surface area contributed by atoms with Crippen molar-refractivity contribution in [2.24, 2.45) is 0 Å². The predicted octanol–water partition coefficient (Wildman–Crippen LogP) is 2.17. The zero-order chi connectivity index (χ0) is 17.2. The molecule has 1 aromatic carbocycles. The number of benzene rings is 1. The molecular formula is C15H15N5O5. The van der Waals surface area contributed by atoms with E-state index in [2.05, 4.69) is 15.6 Å². The average molecular weight is 345 g/mol. The smallest absolute Gasteiger partial charge is 0.323 e. The molecule has 2 aromatic heterocycles. The monoisotopic (exact) mass is 345 g/mol. The molecular weight excluding hydrogens is 330 g/mol. The summed E-state index contributed by atoms with van der Waals surface area (Å²) in [5.74, 6) is 0.732. The van der Waals surface area contributed by atoms with Crippen LogP contribution in [0.1, 0.15) is 5.76 Å². The van der Waals surface area contributed by atoms with E-state index in [0.29, 0.717) is 49.7 Å². The Bertz CT molecular complexity index is 885. The van der Waals surface area contributed by atoms with Crippen LogP contribution in [0.5, 0.6) is 0 Å². The van der Waals surface area contributed by atoms with Gasteiger partial charge in [0.2, 0.25) is 5.52 Å². The Hall–Kier alpha value is -3.14. The van der Waals surface area contributed by atoms with Crippen molar-refractivity contribution < 1.29 is 18.7 Å². The summed E-state index contributed by atoms with van der Waals surface area (Å²) in [5.41, 5.74) is 1.39. The number of rotatable bonds is 5. The number of nitrogens with zero attached hydrogens (tertiary/aromatic N) is 4. The maximum absolute atomic E-state index is 11.6. The molecule has 1 fully saturated rings. The van der Waals surface area contributed by atoms with Crippen LogP contribution in [0.4, 0.5) is 17.1 Å². The molecule has 4 rings (SSSR count). The molecule has 10 nitrogen and oxygen atoms in total. The van der Waals surface area contributed by atoms with Crippen LogP contribution in [-0.4, -0.2) is 41.5 Å². The van der Waals surface area contributed by atoms with Gasteiger partial charge in [-0.2, -0.15) is 0 Å². The summed E-state index contributed by atoms with van der Waals surface area (Å²) in [4.78, 5) is 13.1. The van der Waals surface area contributed by atoms with Crippen molar-refractivity contribution in [1.29, 1.82) is 0 Å². The number of aromatic nitrogens is 2. The van der Waals surface area contributed by atoms with Gasteiger partial charge in [-0.05, 0) is 28.5 Å². The molecule has 1 N–H and O–H groups in total. The van der Waals surface area contributed by atoms with Gasteiger partial charge in [-0.15, -0.1) is 0 Å². The first kappa shape index (κ1) is 15.4. The van der Waals surface area contributed by atoms with E-state index in [-0.39, 0.29) is 11.2 Å². The van der Waals surface area contributed by atoms with E-state index in [1.54, 1.807) is 18.4 Å². The zero-order valence-corrected chi connectivity index (χ0v) is 13.2. The molecule has 1 aliphatic heterocycles. The van der Waals surface area contributed by atoms with Crippen molar-refractivity contribution in [2.75, 3.05) is 36.5 Å². The molecule has 1 saturated heterocycles. The van der Waals surface area contributed by atoms with Crippen molar-refractivity contribution in [3.63, 3.8) is 0 Å². The number of nitrogens with one attached hydrogen (secondary N) is 1. The van der Waals surface area contributed by atoms with Crippen LogP contribution in [0.3, 0.4) is 0 Å². The lowest BCUT2D eigenvalue weighted by atomic mass is 10.1. The molecule has 130 valence electrons. The first-order valence-electron chi connectivity index (χ1n) is 7.76. The number of hydrogen-bond acceptors (Lipinski definition) is 9. The fourth-order valence-electron chi connectivity index (χ4n) is 2.87. The van der Waals surface area contributed by atoms with Gasteiger partial charge < -0.3 is 19.4 Å². The van der Waals surface area contributed by atoms with Gasteiger partial charge in [-0.1, -0.05) is 0 Å². The SMILES string of the molecule is O=[N+]([O-])c1c(N2CCOCC2)cc(NCc2ccco2)c2nonc12. The van der Waals surface area contributed by atoms with Crippen LogP contribution in [0.25, 0.3) is 11.0 Å². The van der Waals surface area contributed by atoms with Crippen molar-refractivity contribution in [2.45, 2.75) is 6.54 Å². The maximum atomic E-state index is 11.6. The lowest BCUT2D eigenvalue weighted by molar-refractivity contribution is -0.382. The third-order valence-electron chi connectivity index (χ3n) is 4.06. The average Bonchev–Trinajstić information content (AvgIpc) is 3.31. The second kappa shape index (κ2) is 6.40. The normalized spacial score (nSPS) is 14.8. The summed E-state index contributed by atoms with van der Waals surface area (Å²) in [7, 11) is 0. The van der Waals surface area contributed by atoms with Crippen LogP contribution < -0.4 is 10.2 Å². The molecule has 0 radical (unpaired) electrons. The van der Waals surface area contributed by atoms with Gasteiger partial charge in [0.25, 0.3) is 0 Å². The highest BCUT2D eigenvalue weighted by Crippen LogP contribution is 2.39. The Kier molecular flexibility index (Phi) is 3.94. The Morgan fingerprint density at radius 2 is 2.08 bits per heavy atom. The van der Waals surface area contributed by atoms with Gasteiger partial charge in [0.15, 0.2) is 5.52 Å². The van der Waals surface area contributed by atoms with E-state index in [1.165, 1.54) is 0 Å². The molecule has 0 saturated carbocycles. The lowest BCUT2D eigenvalue weighted by Crippen LogP contribution is -2.36. The van der Waals surface area contributed by atoms with Crippen LogP contribution in [0.2, 0.25) is 0 Å². The molecule has 3 aromatic rings. The number of hydrogen-bond donors (Lipinski definition) is 1. The number of morpholine rings is 1. The van der Waals surface area contributed by atoms with Crippen molar-refractivity contribution in [1.82, 2.24) is 10.3 Å². The standard InChI is InChI=1S/C15H15N5O5/c21-20(22)15-12(19-3-6-23-7-4-19)8-11(13-14(15)18-25-17-13)16-9-10-2-1-5-24-10/h1-2,5,8,16H,3-4,6-7,9H2. The van der Waals surface area contributed by atoms with E-state index in [4.69, 9.17) is 13.8 Å². The quantitative estimate of drug-likeness (QED) is 0.548. The summed E-state index contributed by atoms with van der Waals surface area (Å²) in [5, 5.41) is 22.4. The number of nitro benzene ring substituents is 1. The van der Waals surface area contributed by atoms with Gasteiger partial charge in [0, 0.05) is 13.1 Å². The van der Waals surface area contributed by atoms with E-state index in [9.17, 15) is 10.1 Å². The molecule has 0 atom stereocenters. The highest BCUT2D eigenvalue weighted by atomic mass is 16.6. The molecule has 1 aliphatic rings. The number of anilines is 2. The van der Waals surface area contributed by atoms with E-state index in [0.717, 1.165) is 5.76 Å². The summed E-state index contributed by atoms with van der Waals surface area (Å²) < 4.78 is 15.4. The Balaban J connectivity index is 1.78. The summed E-state index contributed by atoms with van der Waals surface area (Å²) >= 11 is 0. The molecule has 0 spiro atoms. The molecule has 0 unspecified atom stereocenters. The molecule has 0 bridgehead atoms. The Morgan fingerprint density at radius 1 is 1.28 bits per heavy atom. The molecule has 10 heteroatoms. The molecule has 0 amide bonds. The van der Waals surface area contributed by atoms with Crippen molar-refractivity contribution in [3.8, 4) is 0 Å². The summed E-state index contributed by atoms with van der Waals surface area (Å²) in [6.07, 6.45) is 1.58. The molecule has 3 heterocycles. The van der Waals surface area contributed by atoms with Gasteiger partial charge in [0.1, 0.15) is 11.4 Å². The number of ether oxygens (including phenoxy) is 1. The second-order valence-electron chi connectivity index (χ2n) is 5.54. The van der Waals surface area contributed by atoms with Crippen molar-refractivity contribution in [3.05, 3.63) is 40.3 Å². The minimum Gasteiger partial charge on any atom is -0.467 e. The molecule has 25 heavy (non-hydrogen) atoms. The van der Waals surface area contributed by atoms with Crippen LogP contribution >= 0.6 is 0 Å².